The molecule has 118 valence electrons. The van der Waals surface area contributed by atoms with E-state index in [2.05, 4.69) is 20.4 Å². The maximum Gasteiger partial charge on any atom is 0.258 e. The van der Waals surface area contributed by atoms with Gasteiger partial charge in [0.15, 0.2) is 5.82 Å². The molecule has 22 heavy (non-hydrogen) atoms. The minimum Gasteiger partial charge on any atom is -0.497 e. The molecule has 2 heterocycles. The van der Waals surface area contributed by atoms with Crippen LogP contribution >= 0.6 is 0 Å². The highest BCUT2D eigenvalue weighted by atomic mass is 16.5. The van der Waals surface area contributed by atoms with Crippen molar-refractivity contribution in [2.24, 2.45) is 0 Å². The van der Waals surface area contributed by atoms with Gasteiger partial charge < -0.3 is 19.3 Å². The molecule has 1 saturated heterocycles. The first kappa shape index (κ1) is 14.8. The Morgan fingerprint density at radius 1 is 1.14 bits per heavy atom. The molecule has 0 spiro atoms. The Labute approximate surface area is 129 Å². The van der Waals surface area contributed by atoms with E-state index in [1.807, 2.05) is 18.2 Å². The van der Waals surface area contributed by atoms with E-state index in [1.54, 1.807) is 14.2 Å². The van der Waals surface area contributed by atoms with E-state index < -0.39 is 0 Å². The Morgan fingerprint density at radius 3 is 2.45 bits per heavy atom. The molecule has 0 bridgehead atoms. The fourth-order valence-corrected chi connectivity index (χ4v) is 2.44. The SMILES string of the molecule is COc1cc(OC)cc(-c2nc(CN3CCNCC3)no2)c1. The average molecular weight is 304 g/mol. The van der Waals surface area contributed by atoms with Crippen LogP contribution in [0.5, 0.6) is 11.5 Å². The van der Waals surface area contributed by atoms with Crippen LogP contribution in [0.1, 0.15) is 5.82 Å². The van der Waals surface area contributed by atoms with Gasteiger partial charge in [-0.25, -0.2) is 0 Å². The largest absolute Gasteiger partial charge is 0.497 e. The Bertz CT molecular complexity index is 601. The number of aromatic nitrogens is 2. The van der Waals surface area contributed by atoms with Gasteiger partial charge in [0.25, 0.3) is 5.89 Å². The number of hydrogen-bond acceptors (Lipinski definition) is 7. The minimum absolute atomic E-state index is 0.474. The van der Waals surface area contributed by atoms with E-state index >= 15 is 0 Å². The highest BCUT2D eigenvalue weighted by molar-refractivity contribution is 5.59. The van der Waals surface area contributed by atoms with E-state index in [1.165, 1.54) is 0 Å². The molecule has 0 radical (unpaired) electrons. The molecule has 0 amide bonds. The third kappa shape index (κ3) is 3.37. The van der Waals surface area contributed by atoms with Gasteiger partial charge in [0.1, 0.15) is 11.5 Å². The maximum atomic E-state index is 5.38. The van der Waals surface area contributed by atoms with Crippen molar-refractivity contribution in [3.05, 3.63) is 24.0 Å². The summed E-state index contributed by atoms with van der Waals surface area (Å²) in [4.78, 5) is 6.78. The van der Waals surface area contributed by atoms with Gasteiger partial charge in [-0.3, -0.25) is 4.90 Å². The van der Waals surface area contributed by atoms with Crippen molar-refractivity contribution in [3.63, 3.8) is 0 Å². The summed E-state index contributed by atoms with van der Waals surface area (Å²) in [5.74, 6) is 2.55. The summed E-state index contributed by atoms with van der Waals surface area (Å²) in [5, 5.41) is 7.39. The van der Waals surface area contributed by atoms with Crippen molar-refractivity contribution in [3.8, 4) is 23.0 Å². The zero-order chi connectivity index (χ0) is 15.4. The number of rotatable bonds is 5. The fourth-order valence-electron chi connectivity index (χ4n) is 2.44. The van der Waals surface area contributed by atoms with Crippen LogP contribution in [0.25, 0.3) is 11.5 Å². The van der Waals surface area contributed by atoms with E-state index in [4.69, 9.17) is 14.0 Å². The normalized spacial score (nSPS) is 15.7. The van der Waals surface area contributed by atoms with E-state index in [-0.39, 0.29) is 0 Å². The molecule has 7 heteroatoms. The lowest BCUT2D eigenvalue weighted by atomic mass is 10.2. The first-order valence-electron chi connectivity index (χ1n) is 7.27. The van der Waals surface area contributed by atoms with Crippen LogP contribution in [0, 0.1) is 0 Å². The number of piperazine rings is 1. The summed E-state index contributed by atoms with van der Waals surface area (Å²) in [6.07, 6.45) is 0. The second kappa shape index (κ2) is 6.76. The molecule has 1 aliphatic rings. The smallest absolute Gasteiger partial charge is 0.258 e. The van der Waals surface area contributed by atoms with Crippen molar-refractivity contribution in [2.75, 3.05) is 40.4 Å². The highest BCUT2D eigenvalue weighted by Gasteiger charge is 2.16. The summed E-state index contributed by atoms with van der Waals surface area (Å²) < 4.78 is 15.9. The first-order chi connectivity index (χ1) is 10.8. The molecule has 1 aliphatic heterocycles. The Morgan fingerprint density at radius 2 is 1.82 bits per heavy atom. The van der Waals surface area contributed by atoms with Crippen LogP contribution in [0.3, 0.4) is 0 Å². The predicted octanol–water partition coefficient (Wildman–Crippen LogP) is 1.16. The van der Waals surface area contributed by atoms with Crippen molar-refractivity contribution in [1.29, 1.82) is 0 Å². The first-order valence-corrected chi connectivity index (χ1v) is 7.27. The number of methoxy groups -OCH3 is 2. The van der Waals surface area contributed by atoms with E-state index in [0.717, 1.165) is 31.7 Å². The molecule has 1 aromatic carbocycles. The average Bonchev–Trinajstić information content (AvgIpc) is 3.03. The van der Waals surface area contributed by atoms with Crippen molar-refractivity contribution in [1.82, 2.24) is 20.4 Å². The third-order valence-corrected chi connectivity index (χ3v) is 3.64. The van der Waals surface area contributed by atoms with Crippen LogP contribution in [0.2, 0.25) is 0 Å². The zero-order valence-electron chi connectivity index (χ0n) is 12.8. The van der Waals surface area contributed by atoms with Gasteiger partial charge in [0.2, 0.25) is 0 Å². The molecule has 7 nitrogen and oxygen atoms in total. The molecule has 2 aromatic rings. The monoisotopic (exact) mass is 304 g/mol. The zero-order valence-corrected chi connectivity index (χ0v) is 12.8. The predicted molar refractivity (Wildman–Crippen MR) is 81.0 cm³/mol. The highest BCUT2D eigenvalue weighted by Crippen LogP contribution is 2.28. The summed E-state index contributed by atoms with van der Waals surface area (Å²) in [6.45, 7) is 4.69. The van der Waals surface area contributed by atoms with Crippen LogP contribution in [0.4, 0.5) is 0 Å². The molecule has 1 N–H and O–H groups in total. The molecule has 0 unspecified atom stereocenters. The molecule has 3 rings (SSSR count). The lowest BCUT2D eigenvalue weighted by molar-refractivity contribution is 0.225. The van der Waals surface area contributed by atoms with Gasteiger partial charge in [-0.1, -0.05) is 5.16 Å². The number of nitrogens with zero attached hydrogens (tertiary/aromatic N) is 3. The van der Waals surface area contributed by atoms with Gasteiger partial charge >= 0.3 is 0 Å². The molecular formula is C15H20N4O3. The van der Waals surface area contributed by atoms with Gasteiger partial charge in [-0.2, -0.15) is 4.98 Å². The number of ether oxygens (including phenoxy) is 2. The third-order valence-electron chi connectivity index (χ3n) is 3.64. The van der Waals surface area contributed by atoms with E-state index in [0.29, 0.717) is 29.8 Å². The summed E-state index contributed by atoms with van der Waals surface area (Å²) in [7, 11) is 3.23. The minimum atomic E-state index is 0.474. The quantitative estimate of drug-likeness (QED) is 0.888. The molecule has 0 saturated carbocycles. The van der Waals surface area contributed by atoms with Crippen molar-refractivity contribution < 1.29 is 14.0 Å². The van der Waals surface area contributed by atoms with Gasteiger partial charge in [0, 0.05) is 37.8 Å². The lowest BCUT2D eigenvalue weighted by Gasteiger charge is -2.25. The van der Waals surface area contributed by atoms with Gasteiger partial charge in [0.05, 0.1) is 20.8 Å². The second-order valence-corrected chi connectivity index (χ2v) is 5.14. The number of hydrogen-bond donors (Lipinski definition) is 1. The lowest BCUT2D eigenvalue weighted by Crippen LogP contribution is -2.43. The van der Waals surface area contributed by atoms with Crippen molar-refractivity contribution >= 4 is 0 Å². The second-order valence-electron chi connectivity index (χ2n) is 5.14. The molecular weight excluding hydrogens is 284 g/mol. The van der Waals surface area contributed by atoms with E-state index in [9.17, 15) is 0 Å². The Balaban J connectivity index is 1.77. The molecule has 1 fully saturated rings. The standard InChI is InChI=1S/C15H20N4O3/c1-20-12-7-11(8-13(9-12)21-2)15-17-14(18-22-15)10-19-5-3-16-4-6-19/h7-9,16H,3-6,10H2,1-2H3. The summed E-state index contributed by atoms with van der Waals surface area (Å²) in [5.41, 5.74) is 0.787. The summed E-state index contributed by atoms with van der Waals surface area (Å²) >= 11 is 0. The number of nitrogens with one attached hydrogen (secondary N) is 1. The van der Waals surface area contributed by atoms with Crippen molar-refractivity contribution in [2.45, 2.75) is 6.54 Å². The Hall–Kier alpha value is -2.12. The maximum absolute atomic E-state index is 5.38. The van der Waals surface area contributed by atoms with Crippen LogP contribution in [0.15, 0.2) is 22.7 Å². The van der Waals surface area contributed by atoms with Crippen LogP contribution in [-0.2, 0) is 6.54 Å². The molecule has 0 aliphatic carbocycles. The summed E-state index contributed by atoms with van der Waals surface area (Å²) in [6, 6.07) is 5.51. The van der Waals surface area contributed by atoms with Gasteiger partial charge in [-0.05, 0) is 12.1 Å². The molecule has 1 aromatic heterocycles. The number of benzene rings is 1. The van der Waals surface area contributed by atoms with Gasteiger partial charge in [-0.15, -0.1) is 0 Å². The van der Waals surface area contributed by atoms with Crippen LogP contribution < -0.4 is 14.8 Å². The topological polar surface area (TPSA) is 72.7 Å². The molecule has 0 atom stereocenters. The van der Waals surface area contributed by atoms with Crippen LogP contribution in [-0.4, -0.2) is 55.4 Å². The Kier molecular flexibility index (Phi) is 4.55. The fraction of sp³-hybridized carbons (Fsp3) is 0.467.